The quantitative estimate of drug-likeness (QED) is 0.799. The Kier molecular flexibility index (Phi) is 3.86. The monoisotopic (exact) mass is 315 g/mol. The summed E-state index contributed by atoms with van der Waals surface area (Å²) >= 11 is 6.14. The molecule has 112 valence electrons. The van der Waals surface area contributed by atoms with Crippen molar-refractivity contribution in [3.63, 3.8) is 0 Å². The lowest BCUT2D eigenvalue weighted by molar-refractivity contribution is -0.135. The van der Waals surface area contributed by atoms with Gasteiger partial charge in [-0.25, -0.2) is 0 Å². The first-order chi connectivity index (χ1) is 10.6. The number of carbonyl (C=O) groups is 2. The summed E-state index contributed by atoms with van der Waals surface area (Å²) in [4.78, 5) is 26.4. The zero-order valence-electron chi connectivity index (χ0n) is 12.0. The molecule has 0 bridgehead atoms. The van der Waals surface area contributed by atoms with Crippen LogP contribution in [0.2, 0.25) is 5.02 Å². The van der Waals surface area contributed by atoms with E-state index in [4.69, 9.17) is 16.3 Å². The molecular weight excluding hydrogens is 302 g/mol. The van der Waals surface area contributed by atoms with Crippen molar-refractivity contribution in [1.29, 1.82) is 0 Å². The Balaban J connectivity index is 2.01. The molecule has 0 saturated heterocycles. The van der Waals surface area contributed by atoms with Crippen LogP contribution < -0.4 is 4.74 Å². The number of hydrogen-bond donors (Lipinski definition) is 0. The van der Waals surface area contributed by atoms with Crippen LogP contribution in [0.3, 0.4) is 0 Å². The van der Waals surface area contributed by atoms with Gasteiger partial charge in [-0.3, -0.25) is 14.5 Å². The van der Waals surface area contributed by atoms with Crippen molar-refractivity contribution < 1.29 is 14.3 Å². The van der Waals surface area contributed by atoms with Gasteiger partial charge in [-0.2, -0.15) is 0 Å². The van der Waals surface area contributed by atoms with Gasteiger partial charge in [0.05, 0.1) is 12.1 Å². The van der Waals surface area contributed by atoms with E-state index in [-0.39, 0.29) is 18.4 Å². The van der Waals surface area contributed by atoms with Crippen LogP contribution >= 0.6 is 11.6 Å². The summed E-state index contributed by atoms with van der Waals surface area (Å²) in [5.41, 5.74) is 1.10. The summed E-state index contributed by atoms with van der Waals surface area (Å²) < 4.78 is 5.59. The van der Waals surface area contributed by atoms with Crippen molar-refractivity contribution in [2.75, 3.05) is 0 Å². The molecule has 0 N–H and O–H groups in total. The van der Waals surface area contributed by atoms with E-state index in [2.05, 4.69) is 0 Å². The zero-order valence-corrected chi connectivity index (χ0v) is 12.7. The minimum Gasteiger partial charge on any atom is -0.480 e. The number of halogens is 1. The summed E-state index contributed by atoms with van der Waals surface area (Å²) in [7, 11) is 0. The molecule has 2 aromatic carbocycles. The predicted molar refractivity (Wildman–Crippen MR) is 82.9 cm³/mol. The zero-order chi connectivity index (χ0) is 15.7. The van der Waals surface area contributed by atoms with E-state index < -0.39 is 6.10 Å². The van der Waals surface area contributed by atoms with Crippen LogP contribution in [-0.4, -0.2) is 22.8 Å². The molecule has 4 nitrogen and oxygen atoms in total. The van der Waals surface area contributed by atoms with Crippen molar-refractivity contribution >= 4 is 23.4 Å². The maximum absolute atomic E-state index is 12.7. The maximum Gasteiger partial charge on any atom is 0.270 e. The second kappa shape index (κ2) is 5.81. The van der Waals surface area contributed by atoms with Crippen LogP contribution in [0.1, 0.15) is 22.8 Å². The Morgan fingerprint density at radius 1 is 1.09 bits per heavy atom. The summed E-state index contributed by atoms with van der Waals surface area (Å²) in [5.74, 6) is -0.319. The molecule has 5 heteroatoms. The van der Waals surface area contributed by atoms with E-state index in [1.165, 1.54) is 4.90 Å². The normalized spacial score (nSPS) is 17.7. The number of para-hydroxylation sites is 1. The summed E-state index contributed by atoms with van der Waals surface area (Å²) in [6.45, 7) is 1.76. The molecule has 0 radical (unpaired) electrons. The average Bonchev–Trinajstić information content (AvgIpc) is 2.61. The third-order valence-electron chi connectivity index (χ3n) is 3.57. The number of amides is 2. The van der Waals surface area contributed by atoms with Crippen LogP contribution in [0.15, 0.2) is 48.5 Å². The van der Waals surface area contributed by atoms with Crippen molar-refractivity contribution in [1.82, 2.24) is 4.90 Å². The number of carbonyl (C=O) groups excluding carboxylic acids is 2. The molecule has 2 aromatic rings. The number of rotatable bonds is 2. The molecule has 0 spiro atoms. The third kappa shape index (κ3) is 2.57. The Morgan fingerprint density at radius 3 is 2.55 bits per heavy atom. The molecular formula is C17H14ClNO3. The van der Waals surface area contributed by atoms with Gasteiger partial charge in [-0.1, -0.05) is 41.9 Å². The van der Waals surface area contributed by atoms with Gasteiger partial charge < -0.3 is 4.74 Å². The molecule has 1 aliphatic rings. The maximum atomic E-state index is 12.7. The molecule has 22 heavy (non-hydrogen) atoms. The van der Waals surface area contributed by atoms with E-state index >= 15 is 0 Å². The second-order valence-corrected chi connectivity index (χ2v) is 5.48. The van der Waals surface area contributed by atoms with E-state index in [1.807, 2.05) is 6.07 Å². The number of imide groups is 1. The number of ether oxygens (including phenoxy) is 1. The number of benzene rings is 2. The smallest absolute Gasteiger partial charge is 0.270 e. The first-order valence-corrected chi connectivity index (χ1v) is 7.30. The highest BCUT2D eigenvalue weighted by Gasteiger charge is 2.34. The van der Waals surface area contributed by atoms with E-state index in [9.17, 15) is 9.59 Å². The molecule has 0 aliphatic carbocycles. The van der Waals surface area contributed by atoms with Gasteiger partial charge in [0, 0.05) is 5.02 Å². The summed E-state index contributed by atoms with van der Waals surface area (Å²) in [6.07, 6.45) is -0.727. The van der Waals surface area contributed by atoms with Gasteiger partial charge in [0.25, 0.3) is 11.8 Å². The largest absolute Gasteiger partial charge is 0.480 e. The van der Waals surface area contributed by atoms with Crippen LogP contribution in [-0.2, 0) is 11.3 Å². The summed E-state index contributed by atoms with van der Waals surface area (Å²) in [5, 5.41) is 0.522. The number of nitrogens with zero attached hydrogens (tertiary/aromatic N) is 1. The van der Waals surface area contributed by atoms with E-state index in [0.29, 0.717) is 16.3 Å². The first kappa shape index (κ1) is 14.6. The van der Waals surface area contributed by atoms with E-state index in [0.717, 1.165) is 5.56 Å². The minimum atomic E-state index is -0.727. The van der Waals surface area contributed by atoms with Crippen LogP contribution in [0.5, 0.6) is 5.75 Å². The molecule has 0 aromatic heterocycles. The molecule has 0 saturated carbocycles. The average molecular weight is 316 g/mol. The van der Waals surface area contributed by atoms with Crippen LogP contribution in [0, 0.1) is 0 Å². The topological polar surface area (TPSA) is 46.6 Å². The fourth-order valence-electron chi connectivity index (χ4n) is 2.40. The lowest BCUT2D eigenvalue weighted by atomic mass is 10.1. The predicted octanol–water partition coefficient (Wildman–Crippen LogP) is 3.29. The fourth-order valence-corrected chi connectivity index (χ4v) is 2.59. The van der Waals surface area contributed by atoms with Crippen molar-refractivity contribution in [2.24, 2.45) is 0 Å². The lowest BCUT2D eigenvalue weighted by Crippen LogP contribution is -2.41. The molecule has 0 unspecified atom stereocenters. The van der Waals surface area contributed by atoms with Gasteiger partial charge >= 0.3 is 0 Å². The highest BCUT2D eigenvalue weighted by atomic mass is 35.5. The molecule has 0 fully saturated rings. The van der Waals surface area contributed by atoms with Crippen LogP contribution in [0.25, 0.3) is 0 Å². The highest BCUT2D eigenvalue weighted by Crippen LogP contribution is 2.27. The lowest BCUT2D eigenvalue weighted by Gasteiger charge is -2.21. The Bertz CT molecular complexity index is 744. The van der Waals surface area contributed by atoms with E-state index in [1.54, 1.807) is 49.4 Å². The van der Waals surface area contributed by atoms with Crippen molar-refractivity contribution in [3.8, 4) is 5.75 Å². The van der Waals surface area contributed by atoms with Gasteiger partial charge in [0.2, 0.25) is 0 Å². The fraction of sp³-hybridized carbons (Fsp3) is 0.176. The first-order valence-electron chi connectivity index (χ1n) is 6.92. The van der Waals surface area contributed by atoms with Gasteiger partial charge in [0.1, 0.15) is 5.75 Å². The van der Waals surface area contributed by atoms with Gasteiger partial charge in [-0.15, -0.1) is 0 Å². The standard InChI is InChI=1S/C17H14ClNO3/c1-11-16(20)19(10-12-6-2-4-8-14(12)18)17(21)13-7-3-5-9-15(13)22-11/h2-9,11H,10H2,1H3/t11-/m0/s1. The Hall–Kier alpha value is -2.33. The third-order valence-corrected chi connectivity index (χ3v) is 3.94. The Morgan fingerprint density at radius 2 is 1.77 bits per heavy atom. The number of hydrogen-bond acceptors (Lipinski definition) is 3. The molecule has 2 amide bonds. The van der Waals surface area contributed by atoms with Gasteiger partial charge in [-0.05, 0) is 30.7 Å². The molecule has 1 heterocycles. The SMILES string of the molecule is C[C@@H]1Oc2ccccc2C(=O)N(Cc2ccccc2Cl)C1=O. The summed E-state index contributed by atoms with van der Waals surface area (Å²) in [6, 6.07) is 14.0. The van der Waals surface area contributed by atoms with Crippen molar-refractivity contribution in [3.05, 3.63) is 64.7 Å². The molecule has 3 rings (SSSR count). The Labute approximate surface area is 133 Å². The molecule has 1 atom stereocenters. The molecule has 1 aliphatic heterocycles. The van der Waals surface area contributed by atoms with Crippen molar-refractivity contribution in [2.45, 2.75) is 19.6 Å². The van der Waals surface area contributed by atoms with Gasteiger partial charge in [0.15, 0.2) is 6.10 Å². The number of fused-ring (bicyclic) bond motifs is 1. The van der Waals surface area contributed by atoms with Crippen LogP contribution in [0.4, 0.5) is 0 Å². The second-order valence-electron chi connectivity index (χ2n) is 5.08. The minimum absolute atomic E-state index is 0.124. The highest BCUT2D eigenvalue weighted by molar-refractivity contribution is 6.31.